The molecule has 0 aliphatic carbocycles. The Morgan fingerprint density at radius 3 is 2.20 bits per heavy atom. The van der Waals surface area contributed by atoms with Crippen LogP contribution in [0.25, 0.3) is 0 Å². The zero-order valence-corrected chi connectivity index (χ0v) is 8.23. The molecule has 5 nitrogen and oxygen atoms in total. The van der Waals surface area contributed by atoms with Crippen molar-refractivity contribution in [2.75, 3.05) is 5.32 Å². The number of hydrogen-bond acceptors (Lipinski definition) is 3. The minimum Gasteiger partial charge on any atom is -0.479 e. The van der Waals surface area contributed by atoms with Gasteiger partial charge in [0, 0.05) is 0 Å². The molecule has 0 fully saturated rings. The SMILES string of the molecule is O=C(O)C(Nc1ccccc1Cl)C(=O)O. The van der Waals surface area contributed by atoms with Gasteiger partial charge >= 0.3 is 11.9 Å². The van der Waals surface area contributed by atoms with Gasteiger partial charge in [-0.1, -0.05) is 23.7 Å². The predicted molar refractivity (Wildman–Crippen MR) is 54.1 cm³/mol. The molecule has 0 aliphatic heterocycles. The van der Waals surface area contributed by atoms with Crippen LogP contribution in [0.2, 0.25) is 5.02 Å². The number of halogens is 1. The lowest BCUT2D eigenvalue weighted by molar-refractivity contribution is -0.148. The van der Waals surface area contributed by atoms with Crippen molar-refractivity contribution in [3.8, 4) is 0 Å². The van der Waals surface area contributed by atoms with Gasteiger partial charge in [-0.15, -0.1) is 0 Å². The zero-order chi connectivity index (χ0) is 11.4. The molecule has 0 bridgehead atoms. The van der Waals surface area contributed by atoms with Crippen LogP contribution in [0.1, 0.15) is 0 Å². The van der Waals surface area contributed by atoms with Crippen molar-refractivity contribution >= 4 is 29.2 Å². The summed E-state index contributed by atoms with van der Waals surface area (Å²) >= 11 is 5.73. The normalized spacial score (nSPS) is 10.0. The van der Waals surface area contributed by atoms with Gasteiger partial charge in [0.1, 0.15) is 0 Å². The second kappa shape index (κ2) is 4.65. The number of para-hydroxylation sites is 1. The van der Waals surface area contributed by atoms with Crippen LogP contribution in [0.15, 0.2) is 24.3 Å². The molecule has 0 atom stereocenters. The van der Waals surface area contributed by atoms with Crippen LogP contribution in [0.4, 0.5) is 5.69 Å². The third-order valence-electron chi connectivity index (χ3n) is 1.67. The van der Waals surface area contributed by atoms with Gasteiger partial charge in [-0.25, -0.2) is 9.59 Å². The van der Waals surface area contributed by atoms with Gasteiger partial charge in [0.05, 0.1) is 10.7 Å². The van der Waals surface area contributed by atoms with Gasteiger partial charge < -0.3 is 15.5 Å². The number of hydrogen-bond donors (Lipinski definition) is 3. The van der Waals surface area contributed by atoms with Crippen LogP contribution in [0.5, 0.6) is 0 Å². The van der Waals surface area contributed by atoms with Crippen LogP contribution in [0, 0.1) is 0 Å². The number of rotatable bonds is 4. The summed E-state index contributed by atoms with van der Waals surface area (Å²) in [6.45, 7) is 0. The smallest absolute Gasteiger partial charge is 0.337 e. The number of carboxylic acid groups (broad SMARTS) is 2. The first-order valence-corrected chi connectivity index (χ1v) is 4.37. The first kappa shape index (κ1) is 11.3. The van der Waals surface area contributed by atoms with Crippen LogP contribution in [-0.2, 0) is 9.59 Å². The second-order valence-electron chi connectivity index (χ2n) is 2.73. The molecule has 1 aromatic rings. The van der Waals surface area contributed by atoms with Gasteiger partial charge in [-0.3, -0.25) is 0 Å². The molecule has 3 N–H and O–H groups in total. The van der Waals surface area contributed by atoms with E-state index in [1.807, 2.05) is 0 Å². The lowest BCUT2D eigenvalue weighted by atomic mass is 10.2. The Bertz CT molecular complexity index is 379. The molecule has 0 unspecified atom stereocenters. The van der Waals surface area contributed by atoms with Crippen molar-refractivity contribution in [3.63, 3.8) is 0 Å². The van der Waals surface area contributed by atoms with Gasteiger partial charge in [0.15, 0.2) is 0 Å². The molecule has 0 radical (unpaired) electrons. The highest BCUT2D eigenvalue weighted by Gasteiger charge is 2.25. The maximum atomic E-state index is 10.6. The van der Waals surface area contributed by atoms with Crippen molar-refractivity contribution in [2.45, 2.75) is 6.04 Å². The maximum absolute atomic E-state index is 10.6. The van der Waals surface area contributed by atoms with Crippen LogP contribution >= 0.6 is 11.6 Å². The Kier molecular flexibility index (Phi) is 3.51. The molecule has 80 valence electrons. The van der Waals surface area contributed by atoms with E-state index in [0.29, 0.717) is 0 Å². The van der Waals surface area contributed by atoms with Crippen LogP contribution in [-0.4, -0.2) is 28.2 Å². The van der Waals surface area contributed by atoms with Crippen molar-refractivity contribution < 1.29 is 19.8 Å². The fourth-order valence-corrected chi connectivity index (χ4v) is 1.15. The maximum Gasteiger partial charge on any atom is 0.337 e. The van der Waals surface area contributed by atoms with Gasteiger partial charge in [0.2, 0.25) is 6.04 Å². The molecular formula is C9H8ClNO4. The number of benzene rings is 1. The summed E-state index contributed by atoms with van der Waals surface area (Å²) in [6.07, 6.45) is 0. The molecule has 1 rings (SSSR count). The van der Waals surface area contributed by atoms with Crippen molar-refractivity contribution in [2.24, 2.45) is 0 Å². The van der Waals surface area contributed by atoms with E-state index in [1.165, 1.54) is 12.1 Å². The average molecular weight is 230 g/mol. The first-order chi connectivity index (χ1) is 7.02. The van der Waals surface area contributed by atoms with Gasteiger partial charge in [0.25, 0.3) is 0 Å². The summed E-state index contributed by atoms with van der Waals surface area (Å²) in [5.41, 5.74) is 0.272. The summed E-state index contributed by atoms with van der Waals surface area (Å²) in [4.78, 5) is 21.1. The quantitative estimate of drug-likeness (QED) is 0.678. The first-order valence-electron chi connectivity index (χ1n) is 3.99. The van der Waals surface area contributed by atoms with E-state index in [0.717, 1.165) is 0 Å². The van der Waals surface area contributed by atoms with Crippen molar-refractivity contribution in [3.05, 3.63) is 29.3 Å². The molecule has 0 saturated carbocycles. The number of carbonyl (C=O) groups is 2. The monoisotopic (exact) mass is 229 g/mol. The Labute approximate surface area is 90.3 Å². The minimum absolute atomic E-state index is 0.269. The van der Waals surface area contributed by atoms with E-state index in [-0.39, 0.29) is 10.7 Å². The van der Waals surface area contributed by atoms with Crippen molar-refractivity contribution in [1.82, 2.24) is 0 Å². The number of nitrogens with one attached hydrogen (secondary N) is 1. The van der Waals surface area contributed by atoms with E-state index < -0.39 is 18.0 Å². The Balaban J connectivity index is 2.88. The number of aliphatic carboxylic acids is 2. The highest BCUT2D eigenvalue weighted by atomic mass is 35.5. The topological polar surface area (TPSA) is 86.6 Å². The largest absolute Gasteiger partial charge is 0.479 e. The van der Waals surface area contributed by atoms with Crippen LogP contribution in [0.3, 0.4) is 0 Å². The Hall–Kier alpha value is -1.75. The molecule has 15 heavy (non-hydrogen) atoms. The fraction of sp³-hybridized carbons (Fsp3) is 0.111. The third-order valence-corrected chi connectivity index (χ3v) is 2.00. The highest BCUT2D eigenvalue weighted by molar-refractivity contribution is 6.33. The molecule has 0 saturated heterocycles. The summed E-state index contributed by atoms with van der Waals surface area (Å²) in [7, 11) is 0. The van der Waals surface area contributed by atoms with E-state index in [2.05, 4.69) is 5.32 Å². The highest BCUT2D eigenvalue weighted by Crippen LogP contribution is 2.21. The molecule has 0 heterocycles. The summed E-state index contributed by atoms with van der Waals surface area (Å²) < 4.78 is 0. The lowest BCUT2D eigenvalue weighted by Gasteiger charge is -2.12. The second-order valence-corrected chi connectivity index (χ2v) is 3.14. The van der Waals surface area contributed by atoms with E-state index in [1.54, 1.807) is 12.1 Å². The number of carboxylic acids is 2. The van der Waals surface area contributed by atoms with E-state index in [9.17, 15) is 9.59 Å². The fourth-order valence-electron chi connectivity index (χ4n) is 0.963. The molecule has 6 heteroatoms. The molecule has 0 aromatic heterocycles. The predicted octanol–water partition coefficient (Wildman–Crippen LogP) is 1.29. The number of anilines is 1. The molecule has 0 aliphatic rings. The molecule has 0 amide bonds. The lowest BCUT2D eigenvalue weighted by Crippen LogP contribution is -2.37. The van der Waals surface area contributed by atoms with Gasteiger partial charge in [-0.2, -0.15) is 0 Å². The average Bonchev–Trinajstić information content (AvgIpc) is 2.15. The van der Waals surface area contributed by atoms with Gasteiger partial charge in [-0.05, 0) is 12.1 Å². The standard InChI is InChI=1S/C9H8ClNO4/c10-5-3-1-2-4-6(5)11-7(8(12)13)9(14)15/h1-4,7,11H,(H,12,13)(H,14,15). The third kappa shape index (κ3) is 2.85. The zero-order valence-electron chi connectivity index (χ0n) is 7.48. The molecule has 1 aromatic carbocycles. The van der Waals surface area contributed by atoms with Crippen LogP contribution < -0.4 is 5.32 Å². The molecular weight excluding hydrogens is 222 g/mol. The summed E-state index contributed by atoms with van der Waals surface area (Å²) in [5.74, 6) is -2.94. The van der Waals surface area contributed by atoms with Crippen molar-refractivity contribution in [1.29, 1.82) is 0 Å². The Morgan fingerprint density at radius 2 is 1.73 bits per heavy atom. The minimum atomic E-state index is -1.70. The molecule has 0 spiro atoms. The van der Waals surface area contributed by atoms with E-state index in [4.69, 9.17) is 21.8 Å². The van der Waals surface area contributed by atoms with E-state index >= 15 is 0 Å². The summed E-state index contributed by atoms with van der Waals surface area (Å²) in [6, 6.07) is 4.61. The Morgan fingerprint density at radius 1 is 1.20 bits per heavy atom. The summed E-state index contributed by atoms with van der Waals surface area (Å²) in [5, 5.41) is 19.8.